The van der Waals surface area contributed by atoms with Gasteiger partial charge in [-0.3, -0.25) is 0 Å². The maximum absolute atomic E-state index is 9.32. The van der Waals surface area contributed by atoms with Crippen LogP contribution in [0.4, 0.5) is 0 Å². The summed E-state index contributed by atoms with van der Waals surface area (Å²) >= 11 is 0. The smallest absolute Gasteiger partial charge is 0.161 e. The molecule has 0 aliphatic heterocycles. The fraction of sp³-hybridized carbons (Fsp3) is 0.167. The molecule has 3 aromatic rings. The minimum absolute atomic E-state index is 0.458. The molecular weight excluding hydrogens is 294 g/mol. The van der Waals surface area contributed by atoms with Gasteiger partial charge in [0.05, 0.1) is 14.2 Å². The van der Waals surface area contributed by atoms with Crippen LogP contribution in [0.1, 0.15) is 5.56 Å². The van der Waals surface area contributed by atoms with Crippen LogP contribution >= 0.6 is 0 Å². The summed E-state index contributed by atoms with van der Waals surface area (Å²) in [6, 6.07) is 12.9. The largest absolute Gasteiger partial charge is 0.493 e. The summed E-state index contributed by atoms with van der Waals surface area (Å²) in [6.07, 6.45) is 0. The van der Waals surface area contributed by atoms with Gasteiger partial charge in [0, 0.05) is 17.0 Å². The second kappa shape index (κ2) is 6.04. The molecule has 0 fully saturated rings. The Bertz CT molecular complexity index is 928. The molecular formula is C18H17NO4. The summed E-state index contributed by atoms with van der Waals surface area (Å²) < 4.78 is 16.5. The molecule has 1 heterocycles. The molecule has 0 spiro atoms. The van der Waals surface area contributed by atoms with Crippen LogP contribution < -0.4 is 14.8 Å². The summed E-state index contributed by atoms with van der Waals surface area (Å²) in [5.41, 5.74) is 2.52. The average Bonchev–Trinajstić information content (AvgIpc) is 2.60. The van der Waals surface area contributed by atoms with Crippen LogP contribution in [0, 0.1) is 6.92 Å². The molecule has 1 N–H and O–H groups in total. The van der Waals surface area contributed by atoms with Crippen molar-refractivity contribution in [2.45, 2.75) is 6.92 Å². The fourth-order valence-electron chi connectivity index (χ4n) is 2.50. The van der Waals surface area contributed by atoms with Gasteiger partial charge in [0.2, 0.25) is 0 Å². The Morgan fingerprint density at radius 3 is 2.43 bits per heavy atom. The van der Waals surface area contributed by atoms with Crippen LogP contribution in [0.25, 0.3) is 22.3 Å². The average molecular weight is 311 g/mol. The van der Waals surface area contributed by atoms with Crippen molar-refractivity contribution in [1.29, 1.82) is 0 Å². The van der Waals surface area contributed by atoms with Gasteiger partial charge in [0.15, 0.2) is 11.5 Å². The van der Waals surface area contributed by atoms with Gasteiger partial charge < -0.3 is 19.1 Å². The van der Waals surface area contributed by atoms with E-state index < -0.39 is 0 Å². The Hall–Kier alpha value is -2.95. The van der Waals surface area contributed by atoms with Crippen LogP contribution in [0.3, 0.4) is 0 Å². The molecule has 0 radical (unpaired) electrons. The fourth-order valence-corrected chi connectivity index (χ4v) is 2.50. The lowest BCUT2D eigenvalue weighted by Crippen LogP contribution is -2.03. The molecule has 5 heteroatoms. The SMILES string of the molecule is COc1ccc(-c2c/c(=N/O)c3cc(C)ccc3o2)cc1OC. The lowest BCUT2D eigenvalue weighted by Gasteiger charge is -2.10. The number of hydrogen-bond acceptors (Lipinski definition) is 5. The first-order valence-electron chi connectivity index (χ1n) is 7.11. The Morgan fingerprint density at radius 1 is 0.957 bits per heavy atom. The normalized spacial score (nSPS) is 11.7. The van der Waals surface area contributed by atoms with Crippen molar-refractivity contribution in [3.8, 4) is 22.8 Å². The van der Waals surface area contributed by atoms with Crippen molar-refractivity contribution >= 4 is 11.0 Å². The van der Waals surface area contributed by atoms with Gasteiger partial charge in [0.1, 0.15) is 16.7 Å². The number of nitrogens with zero attached hydrogens (tertiary/aromatic N) is 1. The zero-order valence-corrected chi connectivity index (χ0v) is 13.2. The first-order valence-corrected chi connectivity index (χ1v) is 7.11. The summed E-state index contributed by atoms with van der Waals surface area (Å²) in [5.74, 6) is 1.82. The first kappa shape index (κ1) is 15.0. The molecule has 0 saturated carbocycles. The van der Waals surface area contributed by atoms with Crippen LogP contribution in [-0.2, 0) is 0 Å². The van der Waals surface area contributed by atoms with Crippen molar-refractivity contribution in [2.75, 3.05) is 14.2 Å². The standard InChI is InChI=1S/C18H17NO4/c1-11-4-6-15-13(8-11)14(19-20)10-17(23-15)12-5-7-16(21-2)18(9-12)22-3/h4-10,20H,1-3H3/b19-14-. The molecule has 0 amide bonds. The minimum Gasteiger partial charge on any atom is -0.493 e. The number of benzene rings is 2. The summed E-state index contributed by atoms with van der Waals surface area (Å²) in [6.45, 7) is 1.98. The number of hydrogen-bond donors (Lipinski definition) is 1. The van der Waals surface area contributed by atoms with Gasteiger partial charge in [0.25, 0.3) is 0 Å². The number of rotatable bonds is 3. The molecule has 5 nitrogen and oxygen atoms in total. The lowest BCUT2D eigenvalue weighted by atomic mass is 10.1. The van der Waals surface area contributed by atoms with Crippen LogP contribution in [-0.4, -0.2) is 19.4 Å². The zero-order chi connectivity index (χ0) is 16.4. The third-order valence-corrected chi connectivity index (χ3v) is 3.67. The van der Waals surface area contributed by atoms with Crippen LogP contribution in [0.2, 0.25) is 0 Å². The van der Waals surface area contributed by atoms with Gasteiger partial charge in [-0.15, -0.1) is 0 Å². The van der Waals surface area contributed by atoms with E-state index in [9.17, 15) is 5.21 Å². The van der Waals surface area contributed by atoms with Gasteiger partial charge in [-0.05, 0) is 37.3 Å². The quantitative estimate of drug-likeness (QED) is 0.591. The Kier molecular flexibility index (Phi) is 3.93. The lowest BCUT2D eigenvalue weighted by molar-refractivity contribution is 0.302. The Morgan fingerprint density at radius 2 is 1.74 bits per heavy atom. The maximum atomic E-state index is 9.32. The van der Waals surface area contributed by atoms with Crippen LogP contribution in [0.5, 0.6) is 11.5 Å². The van der Waals surface area contributed by atoms with Gasteiger partial charge in [-0.1, -0.05) is 16.8 Å². The summed E-state index contributed by atoms with van der Waals surface area (Å²) in [7, 11) is 3.17. The van der Waals surface area contributed by atoms with Gasteiger partial charge in [-0.2, -0.15) is 0 Å². The molecule has 3 rings (SSSR count). The number of methoxy groups -OCH3 is 2. The van der Waals surface area contributed by atoms with Gasteiger partial charge >= 0.3 is 0 Å². The first-order chi connectivity index (χ1) is 11.2. The van der Waals surface area contributed by atoms with E-state index in [-0.39, 0.29) is 0 Å². The van der Waals surface area contributed by atoms with E-state index in [1.807, 2.05) is 37.3 Å². The third kappa shape index (κ3) is 2.73. The summed E-state index contributed by atoms with van der Waals surface area (Å²) in [5, 5.41) is 13.9. The van der Waals surface area contributed by atoms with E-state index in [0.29, 0.717) is 28.2 Å². The Balaban J connectivity index is 2.23. The highest BCUT2D eigenvalue weighted by Gasteiger charge is 2.10. The molecule has 0 unspecified atom stereocenters. The highest BCUT2D eigenvalue weighted by molar-refractivity contribution is 5.79. The molecule has 23 heavy (non-hydrogen) atoms. The van der Waals surface area contributed by atoms with E-state index in [4.69, 9.17) is 13.9 Å². The predicted octanol–water partition coefficient (Wildman–Crippen LogP) is 3.72. The molecule has 2 aromatic carbocycles. The molecule has 0 aliphatic rings. The topological polar surface area (TPSA) is 64.2 Å². The molecule has 1 aromatic heterocycles. The van der Waals surface area contributed by atoms with E-state index in [1.165, 1.54) is 0 Å². The van der Waals surface area contributed by atoms with E-state index in [1.54, 1.807) is 26.4 Å². The van der Waals surface area contributed by atoms with Crippen molar-refractivity contribution in [3.63, 3.8) is 0 Å². The highest BCUT2D eigenvalue weighted by Crippen LogP contribution is 2.32. The van der Waals surface area contributed by atoms with Crippen molar-refractivity contribution in [3.05, 3.63) is 53.4 Å². The zero-order valence-electron chi connectivity index (χ0n) is 13.2. The highest BCUT2D eigenvalue weighted by atomic mass is 16.5. The minimum atomic E-state index is 0.458. The van der Waals surface area contributed by atoms with Crippen molar-refractivity contribution in [1.82, 2.24) is 0 Å². The third-order valence-electron chi connectivity index (χ3n) is 3.67. The van der Waals surface area contributed by atoms with Crippen LogP contribution in [0.15, 0.2) is 52.0 Å². The van der Waals surface area contributed by atoms with Crippen molar-refractivity contribution < 1.29 is 19.1 Å². The monoisotopic (exact) mass is 311 g/mol. The molecule has 0 atom stereocenters. The summed E-state index contributed by atoms with van der Waals surface area (Å²) in [4.78, 5) is 0. The number of ether oxygens (including phenoxy) is 2. The second-order valence-electron chi connectivity index (χ2n) is 5.17. The molecule has 0 aliphatic carbocycles. The number of aryl methyl sites for hydroxylation is 1. The second-order valence-corrected chi connectivity index (χ2v) is 5.17. The van der Waals surface area contributed by atoms with E-state index in [2.05, 4.69) is 5.16 Å². The number of fused-ring (bicyclic) bond motifs is 1. The van der Waals surface area contributed by atoms with E-state index >= 15 is 0 Å². The van der Waals surface area contributed by atoms with Crippen molar-refractivity contribution in [2.24, 2.45) is 5.16 Å². The maximum Gasteiger partial charge on any atom is 0.161 e. The van der Waals surface area contributed by atoms with Gasteiger partial charge in [-0.25, -0.2) is 0 Å². The predicted molar refractivity (Wildman–Crippen MR) is 86.8 cm³/mol. The molecule has 118 valence electrons. The van der Waals surface area contributed by atoms with E-state index in [0.717, 1.165) is 16.5 Å². The Labute approximate surface area is 133 Å². The molecule has 0 saturated heterocycles. The molecule has 0 bridgehead atoms.